The Bertz CT molecular complexity index is 606. The van der Waals surface area contributed by atoms with Crippen LogP contribution >= 0.6 is 10.7 Å². The largest absolute Gasteiger partial charge is 0.347 e. The summed E-state index contributed by atoms with van der Waals surface area (Å²) in [5, 5.41) is 2.87. The first-order valence-electron chi connectivity index (χ1n) is 5.59. The predicted octanol–water partition coefficient (Wildman–Crippen LogP) is 2.20. The first kappa shape index (κ1) is 13.4. The highest BCUT2D eigenvalue weighted by atomic mass is 35.7. The highest BCUT2D eigenvalue weighted by molar-refractivity contribution is 8.13. The van der Waals surface area contributed by atoms with Gasteiger partial charge >= 0.3 is 0 Å². The van der Waals surface area contributed by atoms with Crippen molar-refractivity contribution in [1.29, 1.82) is 0 Å². The first-order valence-corrected chi connectivity index (χ1v) is 7.90. The van der Waals surface area contributed by atoms with Gasteiger partial charge < -0.3 is 5.32 Å². The van der Waals surface area contributed by atoms with Crippen LogP contribution in [0.15, 0.2) is 23.1 Å². The van der Waals surface area contributed by atoms with E-state index >= 15 is 0 Å². The van der Waals surface area contributed by atoms with Crippen LogP contribution in [0.3, 0.4) is 0 Å². The molecule has 0 atom stereocenters. The average molecular weight is 288 g/mol. The van der Waals surface area contributed by atoms with E-state index in [2.05, 4.69) is 5.32 Å². The van der Waals surface area contributed by atoms with Gasteiger partial charge in [-0.15, -0.1) is 0 Å². The van der Waals surface area contributed by atoms with E-state index in [-0.39, 0.29) is 16.3 Å². The third-order valence-corrected chi connectivity index (χ3v) is 4.59. The molecule has 1 amide bonds. The number of benzene rings is 1. The third-order valence-electron chi connectivity index (χ3n) is 3.13. The second kappa shape index (κ2) is 4.24. The number of hydrogen-bond acceptors (Lipinski definition) is 3. The third kappa shape index (κ3) is 2.84. The summed E-state index contributed by atoms with van der Waals surface area (Å²) in [7, 11) is 1.50. The molecule has 0 heterocycles. The highest BCUT2D eigenvalue weighted by Crippen LogP contribution is 2.34. The van der Waals surface area contributed by atoms with Crippen molar-refractivity contribution in [2.75, 3.05) is 0 Å². The minimum Gasteiger partial charge on any atom is -0.347 e. The fourth-order valence-corrected chi connectivity index (χ4v) is 2.88. The molecule has 0 spiro atoms. The minimum absolute atomic E-state index is 0.0160. The van der Waals surface area contributed by atoms with Crippen LogP contribution in [-0.4, -0.2) is 19.9 Å². The van der Waals surface area contributed by atoms with Crippen LogP contribution in [0.2, 0.25) is 0 Å². The molecule has 0 bridgehead atoms. The SMILES string of the molecule is Cc1ccc(C(=O)NC2(C)CC2)cc1S(=O)(=O)Cl. The Morgan fingerprint density at radius 1 is 1.39 bits per heavy atom. The standard InChI is InChI=1S/C12H14ClNO3S/c1-8-3-4-9(7-10(8)18(13,16)17)11(15)14-12(2)5-6-12/h3-4,7H,5-6H2,1-2H3,(H,14,15). The normalized spacial score (nSPS) is 17.3. The average Bonchev–Trinajstić information content (AvgIpc) is 2.94. The van der Waals surface area contributed by atoms with Crippen molar-refractivity contribution in [3.05, 3.63) is 29.3 Å². The lowest BCUT2D eigenvalue weighted by molar-refractivity contribution is 0.0935. The topological polar surface area (TPSA) is 63.2 Å². The minimum atomic E-state index is -3.83. The van der Waals surface area contributed by atoms with Crippen LogP contribution in [0.5, 0.6) is 0 Å². The second-order valence-corrected chi connectivity index (χ2v) is 7.47. The summed E-state index contributed by atoms with van der Waals surface area (Å²) in [5.41, 5.74) is 0.703. The lowest BCUT2D eigenvalue weighted by Gasteiger charge is -2.12. The maximum Gasteiger partial charge on any atom is 0.261 e. The quantitative estimate of drug-likeness (QED) is 0.867. The number of hydrogen-bond donors (Lipinski definition) is 1. The molecule has 0 radical (unpaired) electrons. The zero-order valence-corrected chi connectivity index (χ0v) is 11.7. The van der Waals surface area contributed by atoms with Crippen LogP contribution < -0.4 is 5.32 Å². The molecule has 98 valence electrons. The summed E-state index contributed by atoms with van der Waals surface area (Å²) in [6.07, 6.45) is 1.90. The molecule has 1 fully saturated rings. The van der Waals surface area contributed by atoms with Gasteiger partial charge in [-0.05, 0) is 44.4 Å². The Hall–Kier alpha value is -1.07. The number of carbonyl (C=O) groups is 1. The number of amides is 1. The Morgan fingerprint density at radius 2 is 2.00 bits per heavy atom. The van der Waals surface area contributed by atoms with Crippen molar-refractivity contribution in [3.8, 4) is 0 Å². The van der Waals surface area contributed by atoms with Gasteiger partial charge in [-0.1, -0.05) is 6.07 Å². The second-order valence-electron chi connectivity index (χ2n) is 4.93. The van der Waals surface area contributed by atoms with Crippen molar-refractivity contribution in [2.45, 2.75) is 37.1 Å². The fraction of sp³-hybridized carbons (Fsp3) is 0.417. The van der Waals surface area contributed by atoms with Crippen LogP contribution in [0.25, 0.3) is 0 Å². The van der Waals surface area contributed by atoms with E-state index in [1.165, 1.54) is 6.07 Å². The molecule has 1 N–H and O–H groups in total. The Morgan fingerprint density at radius 3 is 2.50 bits per heavy atom. The lowest BCUT2D eigenvalue weighted by Crippen LogP contribution is -2.34. The van der Waals surface area contributed by atoms with Crippen molar-refractivity contribution < 1.29 is 13.2 Å². The molecule has 0 aromatic heterocycles. The lowest BCUT2D eigenvalue weighted by atomic mass is 10.1. The number of carbonyl (C=O) groups excluding carboxylic acids is 1. The van der Waals surface area contributed by atoms with E-state index in [4.69, 9.17) is 10.7 Å². The van der Waals surface area contributed by atoms with Gasteiger partial charge in [0.1, 0.15) is 0 Å². The molecular formula is C12H14ClNO3S. The molecule has 4 nitrogen and oxygen atoms in total. The number of nitrogens with one attached hydrogen (secondary N) is 1. The van der Waals surface area contributed by atoms with Gasteiger partial charge in [0.2, 0.25) is 0 Å². The molecule has 0 unspecified atom stereocenters. The summed E-state index contributed by atoms with van der Waals surface area (Å²) in [4.78, 5) is 11.9. The van der Waals surface area contributed by atoms with Gasteiger partial charge in [0, 0.05) is 21.8 Å². The van der Waals surface area contributed by atoms with Gasteiger partial charge in [0.05, 0.1) is 4.90 Å². The van der Waals surface area contributed by atoms with Gasteiger partial charge in [-0.2, -0.15) is 0 Å². The number of aryl methyl sites for hydroxylation is 1. The molecular weight excluding hydrogens is 274 g/mol. The van der Waals surface area contributed by atoms with E-state index in [9.17, 15) is 13.2 Å². The van der Waals surface area contributed by atoms with Gasteiger partial charge in [-0.25, -0.2) is 8.42 Å². The molecule has 6 heteroatoms. The van der Waals surface area contributed by atoms with Crippen molar-refractivity contribution in [1.82, 2.24) is 5.32 Å². The van der Waals surface area contributed by atoms with E-state index in [0.29, 0.717) is 11.1 Å². The molecule has 1 aliphatic rings. The van der Waals surface area contributed by atoms with E-state index in [1.807, 2.05) is 6.92 Å². The van der Waals surface area contributed by atoms with Gasteiger partial charge in [0.25, 0.3) is 15.0 Å². The Labute approximate surface area is 111 Å². The van der Waals surface area contributed by atoms with Crippen LogP contribution in [-0.2, 0) is 9.05 Å². The van der Waals surface area contributed by atoms with E-state index in [1.54, 1.807) is 19.1 Å². The van der Waals surface area contributed by atoms with Crippen molar-refractivity contribution in [3.63, 3.8) is 0 Å². The Balaban J connectivity index is 2.32. The van der Waals surface area contributed by atoms with E-state index < -0.39 is 9.05 Å². The molecule has 2 rings (SSSR count). The summed E-state index contributed by atoms with van der Waals surface area (Å²) >= 11 is 0. The highest BCUT2D eigenvalue weighted by Gasteiger charge is 2.38. The van der Waals surface area contributed by atoms with Crippen molar-refractivity contribution in [2.24, 2.45) is 0 Å². The van der Waals surface area contributed by atoms with Crippen LogP contribution in [0.1, 0.15) is 35.7 Å². The summed E-state index contributed by atoms with van der Waals surface area (Å²) < 4.78 is 22.7. The maximum atomic E-state index is 11.9. The zero-order valence-electron chi connectivity index (χ0n) is 10.2. The number of halogens is 1. The van der Waals surface area contributed by atoms with E-state index in [0.717, 1.165) is 12.8 Å². The zero-order chi connectivity index (χ0) is 13.6. The number of rotatable bonds is 3. The first-order chi connectivity index (χ1) is 8.21. The molecule has 0 aliphatic heterocycles. The summed E-state index contributed by atoms with van der Waals surface area (Å²) in [6, 6.07) is 4.50. The molecule has 1 aromatic rings. The van der Waals surface area contributed by atoms with Crippen LogP contribution in [0.4, 0.5) is 0 Å². The smallest absolute Gasteiger partial charge is 0.261 e. The van der Waals surface area contributed by atoms with Crippen molar-refractivity contribution >= 4 is 25.6 Å². The maximum absolute atomic E-state index is 11.9. The fourth-order valence-electron chi connectivity index (χ4n) is 1.66. The summed E-state index contributed by atoms with van der Waals surface area (Å²) in [6.45, 7) is 3.59. The monoisotopic (exact) mass is 287 g/mol. The molecule has 0 saturated heterocycles. The Kier molecular flexibility index (Phi) is 3.15. The summed E-state index contributed by atoms with van der Waals surface area (Å²) in [5.74, 6) is -0.267. The van der Waals surface area contributed by atoms with Crippen LogP contribution in [0, 0.1) is 6.92 Å². The molecule has 18 heavy (non-hydrogen) atoms. The molecule has 1 saturated carbocycles. The van der Waals surface area contributed by atoms with Gasteiger partial charge in [0.15, 0.2) is 0 Å². The molecule has 1 aromatic carbocycles. The predicted molar refractivity (Wildman–Crippen MR) is 69.3 cm³/mol. The molecule has 1 aliphatic carbocycles. The van der Waals surface area contributed by atoms with Gasteiger partial charge in [-0.3, -0.25) is 4.79 Å².